The van der Waals surface area contributed by atoms with Crippen LogP contribution in [0.3, 0.4) is 0 Å². The van der Waals surface area contributed by atoms with E-state index in [1.54, 1.807) is 0 Å². The van der Waals surface area contributed by atoms with E-state index in [0.717, 1.165) is 6.61 Å². The standard InChI is InChI=1S/C14H31NO/c1-5-7-8-9-10-11-12-13-14(15(3)4)16-6-2/h14H,5-13H2,1-4H3. The molecule has 0 aliphatic heterocycles. The second-order valence-corrected chi connectivity index (χ2v) is 4.78. The highest BCUT2D eigenvalue weighted by Crippen LogP contribution is 2.12. The van der Waals surface area contributed by atoms with Crippen LogP contribution >= 0.6 is 0 Å². The molecule has 0 aromatic heterocycles. The Kier molecular flexibility index (Phi) is 11.3. The van der Waals surface area contributed by atoms with Gasteiger partial charge in [0.25, 0.3) is 0 Å². The summed E-state index contributed by atoms with van der Waals surface area (Å²) in [6, 6.07) is 0. The molecule has 0 N–H and O–H groups in total. The second kappa shape index (κ2) is 11.4. The molecular formula is C14H31NO. The van der Waals surface area contributed by atoms with Crippen molar-refractivity contribution in [3.63, 3.8) is 0 Å². The van der Waals surface area contributed by atoms with Crippen molar-refractivity contribution in [2.45, 2.75) is 71.4 Å². The van der Waals surface area contributed by atoms with E-state index in [2.05, 4.69) is 32.8 Å². The predicted octanol–water partition coefficient (Wildman–Crippen LogP) is 4.05. The van der Waals surface area contributed by atoms with Gasteiger partial charge in [-0.05, 0) is 33.9 Å². The van der Waals surface area contributed by atoms with E-state index in [0.29, 0.717) is 6.23 Å². The van der Waals surface area contributed by atoms with Crippen molar-refractivity contribution >= 4 is 0 Å². The van der Waals surface area contributed by atoms with Gasteiger partial charge in [0.05, 0.1) is 0 Å². The summed E-state index contributed by atoms with van der Waals surface area (Å²) in [6.45, 7) is 5.16. The van der Waals surface area contributed by atoms with Crippen LogP contribution in [0, 0.1) is 0 Å². The first-order valence-electron chi connectivity index (χ1n) is 7.00. The maximum Gasteiger partial charge on any atom is 0.110 e. The maximum atomic E-state index is 5.67. The average molecular weight is 229 g/mol. The van der Waals surface area contributed by atoms with Gasteiger partial charge in [0.15, 0.2) is 0 Å². The Hall–Kier alpha value is -0.0800. The lowest BCUT2D eigenvalue weighted by molar-refractivity contribution is -0.0362. The molecule has 0 fully saturated rings. The van der Waals surface area contributed by atoms with Crippen LogP contribution in [-0.2, 0) is 4.74 Å². The fourth-order valence-electron chi connectivity index (χ4n) is 1.96. The van der Waals surface area contributed by atoms with Gasteiger partial charge >= 0.3 is 0 Å². The molecule has 98 valence electrons. The van der Waals surface area contributed by atoms with Gasteiger partial charge in [-0.3, -0.25) is 4.90 Å². The number of ether oxygens (including phenoxy) is 1. The van der Waals surface area contributed by atoms with Crippen molar-refractivity contribution in [2.24, 2.45) is 0 Å². The lowest BCUT2D eigenvalue weighted by atomic mass is 10.1. The Morgan fingerprint density at radius 3 is 1.94 bits per heavy atom. The van der Waals surface area contributed by atoms with Crippen LogP contribution in [0.4, 0.5) is 0 Å². The molecule has 0 aromatic carbocycles. The van der Waals surface area contributed by atoms with E-state index in [9.17, 15) is 0 Å². The van der Waals surface area contributed by atoms with Crippen molar-refractivity contribution in [1.29, 1.82) is 0 Å². The molecule has 1 unspecified atom stereocenters. The Bertz CT molecular complexity index is 137. The molecule has 0 rings (SSSR count). The van der Waals surface area contributed by atoms with Crippen molar-refractivity contribution in [3.05, 3.63) is 0 Å². The van der Waals surface area contributed by atoms with Crippen LogP contribution in [0.5, 0.6) is 0 Å². The molecular weight excluding hydrogens is 198 g/mol. The molecule has 0 radical (unpaired) electrons. The van der Waals surface area contributed by atoms with Crippen LogP contribution in [0.2, 0.25) is 0 Å². The molecule has 16 heavy (non-hydrogen) atoms. The minimum absolute atomic E-state index is 0.320. The van der Waals surface area contributed by atoms with Gasteiger partial charge in [0, 0.05) is 6.61 Å². The van der Waals surface area contributed by atoms with Gasteiger partial charge in [-0.2, -0.15) is 0 Å². The third-order valence-electron chi connectivity index (χ3n) is 2.99. The number of nitrogens with zero attached hydrogens (tertiary/aromatic N) is 1. The van der Waals surface area contributed by atoms with Crippen molar-refractivity contribution < 1.29 is 4.74 Å². The lowest BCUT2D eigenvalue weighted by Gasteiger charge is -2.23. The molecule has 0 spiro atoms. The van der Waals surface area contributed by atoms with Gasteiger partial charge in [0.1, 0.15) is 6.23 Å². The summed E-state index contributed by atoms with van der Waals surface area (Å²) in [5.74, 6) is 0. The molecule has 2 nitrogen and oxygen atoms in total. The molecule has 0 aliphatic carbocycles. The molecule has 0 saturated carbocycles. The fourth-order valence-corrected chi connectivity index (χ4v) is 1.96. The normalized spacial score (nSPS) is 13.3. The highest BCUT2D eigenvalue weighted by Gasteiger charge is 2.09. The van der Waals surface area contributed by atoms with E-state index < -0.39 is 0 Å². The van der Waals surface area contributed by atoms with Crippen LogP contribution in [0.15, 0.2) is 0 Å². The summed E-state index contributed by atoms with van der Waals surface area (Å²) in [5.41, 5.74) is 0. The first kappa shape index (κ1) is 15.9. The SMILES string of the molecule is CCCCCCCCCC(OCC)N(C)C. The van der Waals surface area contributed by atoms with E-state index >= 15 is 0 Å². The first-order chi connectivity index (χ1) is 7.72. The molecule has 2 heteroatoms. The summed E-state index contributed by atoms with van der Waals surface area (Å²) in [7, 11) is 4.20. The largest absolute Gasteiger partial charge is 0.363 e. The molecule has 0 aromatic rings. The van der Waals surface area contributed by atoms with Crippen molar-refractivity contribution in [2.75, 3.05) is 20.7 Å². The number of hydrogen-bond donors (Lipinski definition) is 0. The van der Waals surface area contributed by atoms with Gasteiger partial charge in [-0.1, -0.05) is 45.4 Å². The Morgan fingerprint density at radius 2 is 1.44 bits per heavy atom. The number of unbranched alkanes of at least 4 members (excludes halogenated alkanes) is 6. The monoisotopic (exact) mass is 229 g/mol. The Morgan fingerprint density at radius 1 is 0.875 bits per heavy atom. The first-order valence-corrected chi connectivity index (χ1v) is 7.00. The minimum atomic E-state index is 0.320. The Labute approximate surface area is 102 Å². The average Bonchev–Trinajstić information content (AvgIpc) is 2.26. The summed E-state index contributed by atoms with van der Waals surface area (Å²) in [4.78, 5) is 2.18. The highest BCUT2D eigenvalue weighted by molar-refractivity contribution is 4.55. The van der Waals surface area contributed by atoms with Gasteiger partial charge < -0.3 is 4.74 Å². The molecule has 1 atom stereocenters. The zero-order chi connectivity index (χ0) is 12.2. The van der Waals surface area contributed by atoms with Crippen LogP contribution in [0.1, 0.15) is 65.2 Å². The number of rotatable bonds is 11. The summed E-state index contributed by atoms with van der Waals surface area (Å²) >= 11 is 0. The molecule has 0 aliphatic rings. The zero-order valence-corrected chi connectivity index (χ0v) is 11.8. The summed E-state index contributed by atoms with van der Waals surface area (Å²) < 4.78 is 5.67. The van der Waals surface area contributed by atoms with E-state index in [4.69, 9.17) is 4.74 Å². The van der Waals surface area contributed by atoms with Crippen molar-refractivity contribution in [1.82, 2.24) is 4.90 Å². The molecule has 0 bridgehead atoms. The van der Waals surface area contributed by atoms with Gasteiger partial charge in [-0.25, -0.2) is 0 Å². The fraction of sp³-hybridized carbons (Fsp3) is 1.00. The van der Waals surface area contributed by atoms with Gasteiger partial charge in [-0.15, -0.1) is 0 Å². The highest BCUT2D eigenvalue weighted by atomic mass is 16.5. The topological polar surface area (TPSA) is 12.5 Å². The van der Waals surface area contributed by atoms with Crippen LogP contribution in [0.25, 0.3) is 0 Å². The third kappa shape index (κ3) is 9.17. The predicted molar refractivity (Wildman–Crippen MR) is 71.7 cm³/mol. The lowest BCUT2D eigenvalue weighted by Crippen LogP contribution is -2.30. The summed E-state index contributed by atoms with van der Waals surface area (Å²) in [5, 5.41) is 0. The smallest absolute Gasteiger partial charge is 0.110 e. The maximum absolute atomic E-state index is 5.67. The third-order valence-corrected chi connectivity index (χ3v) is 2.99. The van der Waals surface area contributed by atoms with E-state index in [1.165, 1.54) is 51.4 Å². The Balaban J connectivity index is 3.33. The molecule has 0 amide bonds. The van der Waals surface area contributed by atoms with Gasteiger partial charge in [0.2, 0.25) is 0 Å². The minimum Gasteiger partial charge on any atom is -0.363 e. The van der Waals surface area contributed by atoms with Crippen molar-refractivity contribution in [3.8, 4) is 0 Å². The number of hydrogen-bond acceptors (Lipinski definition) is 2. The molecule has 0 saturated heterocycles. The van der Waals surface area contributed by atoms with E-state index in [1.807, 2.05) is 0 Å². The zero-order valence-electron chi connectivity index (χ0n) is 11.8. The van der Waals surface area contributed by atoms with Crippen LogP contribution < -0.4 is 0 Å². The quantitative estimate of drug-likeness (QED) is 0.391. The second-order valence-electron chi connectivity index (χ2n) is 4.78. The van der Waals surface area contributed by atoms with E-state index in [-0.39, 0.29) is 0 Å². The summed E-state index contributed by atoms with van der Waals surface area (Å²) in [6.07, 6.45) is 11.1. The molecule has 0 heterocycles. The van der Waals surface area contributed by atoms with Crippen LogP contribution in [-0.4, -0.2) is 31.8 Å².